The Kier molecular flexibility index (Phi) is 3.42. The fraction of sp³-hybridized carbons (Fsp3) is 0.667. The Morgan fingerprint density at radius 3 is 3.07 bits per heavy atom. The smallest absolute Gasteiger partial charge is 0.116 e. The molecular weight excluding hydrogens is 206 g/mol. The van der Waals surface area contributed by atoms with Gasteiger partial charge in [-0.2, -0.15) is 11.8 Å². The van der Waals surface area contributed by atoms with Crippen molar-refractivity contribution in [1.29, 1.82) is 0 Å². The summed E-state index contributed by atoms with van der Waals surface area (Å²) in [4.78, 5) is 0. The normalized spacial score (nSPS) is 26.0. The van der Waals surface area contributed by atoms with Crippen LogP contribution in [-0.4, -0.2) is 18.8 Å². The van der Waals surface area contributed by atoms with E-state index in [4.69, 9.17) is 4.42 Å². The van der Waals surface area contributed by atoms with Gasteiger partial charge in [-0.15, -0.1) is 0 Å². The molecule has 0 aromatic carbocycles. The molecule has 15 heavy (non-hydrogen) atoms. The Bertz CT molecular complexity index is 315. The van der Waals surface area contributed by atoms with Gasteiger partial charge in [-0.3, -0.25) is 0 Å². The van der Waals surface area contributed by atoms with E-state index < -0.39 is 0 Å². The fourth-order valence-electron chi connectivity index (χ4n) is 1.93. The predicted octanol–water partition coefficient (Wildman–Crippen LogP) is 2.82. The first-order chi connectivity index (χ1) is 7.20. The van der Waals surface area contributed by atoms with Crippen molar-refractivity contribution in [2.45, 2.75) is 26.0 Å². The quantitative estimate of drug-likeness (QED) is 0.853. The van der Waals surface area contributed by atoms with Gasteiger partial charge in [0, 0.05) is 12.3 Å². The molecule has 0 radical (unpaired) electrons. The van der Waals surface area contributed by atoms with Gasteiger partial charge in [0.15, 0.2) is 0 Å². The van der Waals surface area contributed by atoms with Crippen LogP contribution in [-0.2, 0) is 5.75 Å². The molecule has 1 atom stereocenters. The lowest BCUT2D eigenvalue weighted by Gasteiger charge is -2.21. The zero-order chi connectivity index (χ0) is 10.7. The Balaban J connectivity index is 1.77. The van der Waals surface area contributed by atoms with Gasteiger partial charge in [0.1, 0.15) is 5.76 Å². The van der Waals surface area contributed by atoms with E-state index in [1.807, 2.05) is 17.8 Å². The maximum Gasteiger partial charge on any atom is 0.116 e. The summed E-state index contributed by atoms with van der Waals surface area (Å²) in [5.41, 5.74) is 1.77. The predicted molar refractivity (Wildman–Crippen MR) is 65.2 cm³/mol. The molecular formula is C12H19NOS. The van der Waals surface area contributed by atoms with Crippen molar-refractivity contribution < 1.29 is 4.42 Å². The van der Waals surface area contributed by atoms with Crippen LogP contribution in [0.4, 0.5) is 0 Å². The Labute approximate surface area is 95.8 Å². The minimum Gasteiger partial charge on any atom is -0.468 e. The summed E-state index contributed by atoms with van der Waals surface area (Å²) in [6.45, 7) is 6.82. The van der Waals surface area contributed by atoms with Crippen LogP contribution in [0.1, 0.15) is 24.7 Å². The molecule has 2 nitrogen and oxygen atoms in total. The van der Waals surface area contributed by atoms with E-state index in [1.54, 1.807) is 6.26 Å². The van der Waals surface area contributed by atoms with Gasteiger partial charge in [0.05, 0.1) is 12.0 Å². The standard InChI is InChI=1S/C12H19NOS/c1-10-3-6-14-11(10)7-15-9-12(2)4-5-13-8-12/h3,6,13H,4-5,7-9H2,1-2H3. The summed E-state index contributed by atoms with van der Waals surface area (Å²) in [6.07, 6.45) is 3.08. The van der Waals surface area contributed by atoms with Gasteiger partial charge >= 0.3 is 0 Å². The topological polar surface area (TPSA) is 25.2 Å². The van der Waals surface area contributed by atoms with Crippen LogP contribution < -0.4 is 5.32 Å². The van der Waals surface area contributed by atoms with E-state index in [0.29, 0.717) is 5.41 Å². The highest BCUT2D eigenvalue weighted by molar-refractivity contribution is 7.98. The third-order valence-electron chi connectivity index (χ3n) is 3.11. The van der Waals surface area contributed by atoms with E-state index in [9.17, 15) is 0 Å². The summed E-state index contributed by atoms with van der Waals surface area (Å²) in [5, 5.41) is 3.43. The van der Waals surface area contributed by atoms with Crippen molar-refractivity contribution in [3.63, 3.8) is 0 Å². The molecule has 0 amide bonds. The third-order valence-corrected chi connectivity index (χ3v) is 4.48. The summed E-state index contributed by atoms with van der Waals surface area (Å²) in [5.74, 6) is 3.36. The van der Waals surface area contributed by atoms with Crippen LogP contribution >= 0.6 is 11.8 Å². The number of hydrogen-bond acceptors (Lipinski definition) is 3. The molecule has 1 fully saturated rings. The van der Waals surface area contributed by atoms with Gasteiger partial charge in [0.2, 0.25) is 0 Å². The fourth-order valence-corrected chi connectivity index (χ4v) is 3.26. The van der Waals surface area contributed by atoms with E-state index in [-0.39, 0.29) is 0 Å². The molecule has 2 heterocycles. The lowest BCUT2D eigenvalue weighted by Crippen LogP contribution is -2.22. The van der Waals surface area contributed by atoms with Gasteiger partial charge in [-0.25, -0.2) is 0 Å². The summed E-state index contributed by atoms with van der Waals surface area (Å²) in [7, 11) is 0. The van der Waals surface area contributed by atoms with Crippen molar-refractivity contribution in [1.82, 2.24) is 5.32 Å². The van der Waals surface area contributed by atoms with Gasteiger partial charge in [-0.1, -0.05) is 6.92 Å². The first-order valence-corrected chi connectivity index (χ1v) is 6.67. The van der Waals surface area contributed by atoms with Crippen molar-refractivity contribution in [2.75, 3.05) is 18.8 Å². The molecule has 84 valence electrons. The average Bonchev–Trinajstić information content (AvgIpc) is 2.78. The molecule has 0 aliphatic carbocycles. The first kappa shape index (κ1) is 11.1. The maximum absolute atomic E-state index is 5.43. The largest absolute Gasteiger partial charge is 0.468 e. The zero-order valence-electron chi connectivity index (χ0n) is 9.51. The number of furan rings is 1. The molecule has 2 rings (SSSR count). The number of rotatable bonds is 4. The van der Waals surface area contributed by atoms with Crippen molar-refractivity contribution in [2.24, 2.45) is 5.41 Å². The molecule has 1 aliphatic rings. The van der Waals surface area contributed by atoms with Crippen molar-refractivity contribution in [3.8, 4) is 0 Å². The van der Waals surface area contributed by atoms with Gasteiger partial charge in [-0.05, 0) is 36.9 Å². The molecule has 1 aromatic rings. The van der Waals surface area contributed by atoms with Gasteiger partial charge < -0.3 is 9.73 Å². The number of nitrogens with one attached hydrogen (secondary N) is 1. The second-order valence-corrected chi connectivity index (χ2v) is 5.74. The van der Waals surface area contributed by atoms with Crippen LogP contribution in [0.5, 0.6) is 0 Å². The molecule has 1 aliphatic heterocycles. The molecule has 0 bridgehead atoms. The van der Waals surface area contributed by atoms with Crippen molar-refractivity contribution in [3.05, 3.63) is 23.7 Å². The monoisotopic (exact) mass is 225 g/mol. The number of aryl methyl sites for hydroxylation is 1. The van der Waals surface area contributed by atoms with E-state index in [0.717, 1.165) is 18.1 Å². The summed E-state index contributed by atoms with van der Waals surface area (Å²) < 4.78 is 5.43. The lowest BCUT2D eigenvalue weighted by molar-refractivity contribution is 0.423. The molecule has 3 heteroatoms. The second kappa shape index (κ2) is 4.62. The van der Waals surface area contributed by atoms with Crippen LogP contribution in [0.3, 0.4) is 0 Å². The highest BCUT2D eigenvalue weighted by Gasteiger charge is 2.28. The number of hydrogen-bond donors (Lipinski definition) is 1. The lowest BCUT2D eigenvalue weighted by atomic mass is 9.93. The SMILES string of the molecule is Cc1ccoc1CSCC1(C)CCNC1. The average molecular weight is 225 g/mol. The molecule has 1 N–H and O–H groups in total. The van der Waals surface area contributed by atoms with Gasteiger partial charge in [0.25, 0.3) is 0 Å². The summed E-state index contributed by atoms with van der Waals surface area (Å²) >= 11 is 1.99. The zero-order valence-corrected chi connectivity index (χ0v) is 10.3. The third kappa shape index (κ3) is 2.79. The summed E-state index contributed by atoms with van der Waals surface area (Å²) in [6, 6.07) is 2.04. The molecule has 0 spiro atoms. The molecule has 1 aromatic heterocycles. The van der Waals surface area contributed by atoms with Crippen LogP contribution in [0, 0.1) is 12.3 Å². The highest BCUT2D eigenvalue weighted by atomic mass is 32.2. The minimum absolute atomic E-state index is 0.491. The van der Waals surface area contributed by atoms with E-state index >= 15 is 0 Å². The van der Waals surface area contributed by atoms with Crippen LogP contribution in [0.25, 0.3) is 0 Å². The van der Waals surface area contributed by atoms with E-state index in [2.05, 4.69) is 19.2 Å². The second-order valence-electron chi connectivity index (χ2n) is 4.76. The van der Waals surface area contributed by atoms with Crippen LogP contribution in [0.15, 0.2) is 16.7 Å². The molecule has 1 saturated heterocycles. The maximum atomic E-state index is 5.43. The molecule has 0 saturated carbocycles. The van der Waals surface area contributed by atoms with E-state index in [1.165, 1.54) is 24.3 Å². The Hall–Kier alpha value is -0.410. The van der Waals surface area contributed by atoms with Crippen molar-refractivity contribution >= 4 is 11.8 Å². The van der Waals surface area contributed by atoms with Crippen LogP contribution in [0.2, 0.25) is 0 Å². The molecule has 1 unspecified atom stereocenters. The Morgan fingerprint density at radius 1 is 1.60 bits per heavy atom. The first-order valence-electron chi connectivity index (χ1n) is 5.51. The number of thioether (sulfide) groups is 1. The Morgan fingerprint density at radius 2 is 2.47 bits per heavy atom. The minimum atomic E-state index is 0.491. The highest BCUT2D eigenvalue weighted by Crippen LogP contribution is 2.30.